The molecule has 0 aromatic heterocycles. The van der Waals surface area contributed by atoms with Gasteiger partial charge in [-0.1, -0.05) is 23.7 Å². The van der Waals surface area contributed by atoms with Gasteiger partial charge in [-0.3, -0.25) is 4.79 Å². The second-order valence-electron chi connectivity index (χ2n) is 4.04. The van der Waals surface area contributed by atoms with Gasteiger partial charge in [0.2, 0.25) is 5.91 Å². The van der Waals surface area contributed by atoms with E-state index in [2.05, 4.69) is 21.2 Å². The van der Waals surface area contributed by atoms with Crippen LogP contribution in [0.25, 0.3) is 0 Å². The van der Waals surface area contributed by atoms with Crippen LogP contribution < -0.4 is 11.1 Å². The Morgan fingerprint density at radius 3 is 2.47 bits per heavy atom. The fraction of sp³-hybridized carbons (Fsp3) is 0.0714. The van der Waals surface area contributed by atoms with E-state index in [-0.39, 0.29) is 0 Å². The predicted molar refractivity (Wildman–Crippen MR) is 81.4 cm³/mol. The Hall–Kier alpha value is -1.52. The summed E-state index contributed by atoms with van der Waals surface area (Å²) in [6, 6.07) is 12.8. The third kappa shape index (κ3) is 3.72. The summed E-state index contributed by atoms with van der Waals surface area (Å²) in [4.78, 5) is 10.9. The predicted octanol–water partition coefficient (Wildman–Crippen LogP) is 3.81. The Bertz CT molecular complexity index is 599. The van der Waals surface area contributed by atoms with Gasteiger partial charge in [0.25, 0.3) is 0 Å². The molecule has 0 saturated carbocycles. The van der Waals surface area contributed by atoms with Gasteiger partial charge in [0.05, 0.1) is 5.02 Å². The zero-order valence-corrected chi connectivity index (χ0v) is 12.3. The molecule has 2 aromatic carbocycles. The summed E-state index contributed by atoms with van der Waals surface area (Å²) in [7, 11) is 0. The molecule has 0 saturated heterocycles. The molecule has 3 N–H and O–H groups in total. The molecule has 0 bridgehead atoms. The molecule has 1 amide bonds. The van der Waals surface area contributed by atoms with Gasteiger partial charge < -0.3 is 11.1 Å². The lowest BCUT2D eigenvalue weighted by Gasteiger charge is -2.08. The number of halogens is 2. The van der Waals surface area contributed by atoms with Crippen LogP contribution in [0.15, 0.2) is 46.9 Å². The second-order valence-corrected chi connectivity index (χ2v) is 5.31. The first-order valence-electron chi connectivity index (χ1n) is 5.64. The van der Waals surface area contributed by atoms with Crippen molar-refractivity contribution in [3.8, 4) is 0 Å². The molecule has 0 heterocycles. The van der Waals surface area contributed by atoms with Crippen molar-refractivity contribution in [2.24, 2.45) is 5.73 Å². The van der Waals surface area contributed by atoms with E-state index in [4.69, 9.17) is 17.3 Å². The van der Waals surface area contributed by atoms with Crippen LogP contribution in [0.4, 0.5) is 5.69 Å². The quantitative estimate of drug-likeness (QED) is 0.890. The number of hydrogen-bond acceptors (Lipinski definition) is 2. The van der Waals surface area contributed by atoms with E-state index in [1.807, 2.05) is 30.3 Å². The minimum Gasteiger partial charge on any atom is -0.381 e. The Morgan fingerprint density at radius 1 is 1.21 bits per heavy atom. The van der Waals surface area contributed by atoms with Crippen molar-refractivity contribution >= 4 is 39.1 Å². The molecule has 0 fully saturated rings. The van der Waals surface area contributed by atoms with Crippen molar-refractivity contribution in [3.05, 3.63) is 63.1 Å². The van der Waals surface area contributed by atoms with Gasteiger partial charge in [-0.05, 0) is 51.8 Å². The maximum absolute atomic E-state index is 10.9. The van der Waals surface area contributed by atoms with Crippen molar-refractivity contribution in [3.63, 3.8) is 0 Å². The fourth-order valence-electron chi connectivity index (χ4n) is 1.60. The number of nitrogens with two attached hydrogens (primary N) is 1. The van der Waals surface area contributed by atoms with E-state index in [0.29, 0.717) is 17.1 Å². The number of carbonyl (C=O) groups excluding carboxylic acids is 1. The lowest BCUT2D eigenvalue weighted by atomic mass is 10.1. The van der Waals surface area contributed by atoms with Gasteiger partial charge in [0.1, 0.15) is 0 Å². The highest BCUT2D eigenvalue weighted by Gasteiger charge is 2.01. The smallest absolute Gasteiger partial charge is 0.248 e. The van der Waals surface area contributed by atoms with Gasteiger partial charge in [-0.15, -0.1) is 0 Å². The normalized spacial score (nSPS) is 10.2. The molecule has 0 spiro atoms. The van der Waals surface area contributed by atoms with Crippen molar-refractivity contribution in [2.45, 2.75) is 6.54 Å². The highest BCUT2D eigenvalue weighted by molar-refractivity contribution is 9.10. The molecule has 3 nitrogen and oxygen atoms in total. The van der Waals surface area contributed by atoms with Crippen molar-refractivity contribution in [1.29, 1.82) is 0 Å². The van der Waals surface area contributed by atoms with Gasteiger partial charge in [0.15, 0.2) is 0 Å². The number of hydrogen-bond donors (Lipinski definition) is 2. The second kappa shape index (κ2) is 6.08. The van der Waals surface area contributed by atoms with Crippen LogP contribution in [-0.2, 0) is 6.54 Å². The number of carbonyl (C=O) groups is 1. The number of primary amides is 1. The van der Waals surface area contributed by atoms with Crippen LogP contribution in [0.1, 0.15) is 15.9 Å². The highest BCUT2D eigenvalue weighted by Crippen LogP contribution is 2.25. The Kier molecular flexibility index (Phi) is 4.45. The van der Waals surface area contributed by atoms with Gasteiger partial charge in [-0.2, -0.15) is 0 Å². The number of anilines is 1. The molecule has 0 aliphatic carbocycles. The van der Waals surface area contributed by atoms with E-state index >= 15 is 0 Å². The van der Waals surface area contributed by atoms with Crippen LogP contribution in [-0.4, -0.2) is 5.91 Å². The van der Waals surface area contributed by atoms with Gasteiger partial charge in [0, 0.05) is 22.3 Å². The first-order chi connectivity index (χ1) is 9.06. The first-order valence-corrected chi connectivity index (χ1v) is 6.81. The van der Waals surface area contributed by atoms with E-state index in [1.54, 1.807) is 12.1 Å². The summed E-state index contributed by atoms with van der Waals surface area (Å²) >= 11 is 9.30. The number of rotatable bonds is 4. The summed E-state index contributed by atoms with van der Waals surface area (Å²) in [5.74, 6) is -0.416. The number of benzene rings is 2. The highest BCUT2D eigenvalue weighted by atomic mass is 79.9. The van der Waals surface area contributed by atoms with Gasteiger partial charge in [-0.25, -0.2) is 0 Å². The summed E-state index contributed by atoms with van der Waals surface area (Å²) in [6.45, 7) is 0.660. The fourth-order valence-corrected chi connectivity index (χ4v) is 2.09. The molecule has 0 atom stereocenters. The summed E-state index contributed by atoms with van der Waals surface area (Å²) in [6.07, 6.45) is 0. The van der Waals surface area contributed by atoms with E-state index < -0.39 is 5.91 Å². The van der Waals surface area contributed by atoms with Crippen LogP contribution in [0, 0.1) is 0 Å². The lowest BCUT2D eigenvalue weighted by Crippen LogP contribution is -2.10. The zero-order chi connectivity index (χ0) is 13.8. The average Bonchev–Trinajstić information content (AvgIpc) is 2.40. The molecule has 0 aliphatic rings. The van der Waals surface area contributed by atoms with E-state index in [1.165, 1.54) is 0 Å². The van der Waals surface area contributed by atoms with Crippen LogP contribution >= 0.6 is 27.5 Å². The summed E-state index contributed by atoms with van der Waals surface area (Å²) in [5, 5.41) is 3.95. The molecule has 0 radical (unpaired) electrons. The maximum Gasteiger partial charge on any atom is 0.248 e. The third-order valence-corrected chi connectivity index (χ3v) is 3.87. The Balaban J connectivity index is 2.01. The van der Waals surface area contributed by atoms with Crippen molar-refractivity contribution in [2.75, 3.05) is 5.32 Å². The Morgan fingerprint density at radius 2 is 1.89 bits per heavy atom. The summed E-state index contributed by atoms with van der Waals surface area (Å²) in [5.41, 5.74) is 7.73. The third-order valence-electron chi connectivity index (χ3n) is 2.65. The molecule has 19 heavy (non-hydrogen) atoms. The monoisotopic (exact) mass is 338 g/mol. The molecule has 2 aromatic rings. The number of amides is 1. The van der Waals surface area contributed by atoms with Crippen LogP contribution in [0.5, 0.6) is 0 Å². The summed E-state index contributed by atoms with van der Waals surface area (Å²) < 4.78 is 0.850. The molecule has 2 rings (SSSR count). The largest absolute Gasteiger partial charge is 0.381 e. The van der Waals surface area contributed by atoms with Crippen molar-refractivity contribution < 1.29 is 4.79 Å². The molecule has 0 unspecified atom stereocenters. The van der Waals surface area contributed by atoms with Crippen LogP contribution in [0.2, 0.25) is 5.02 Å². The SMILES string of the molecule is NC(=O)c1ccc(CNc2ccc(Cl)c(Br)c2)cc1. The Labute approximate surface area is 124 Å². The number of nitrogens with one attached hydrogen (secondary N) is 1. The molecule has 5 heteroatoms. The molecular formula is C14H12BrClN2O. The van der Waals surface area contributed by atoms with E-state index in [0.717, 1.165) is 15.7 Å². The first kappa shape index (κ1) is 13.9. The zero-order valence-electron chi connectivity index (χ0n) is 9.99. The minimum absolute atomic E-state index is 0.416. The topological polar surface area (TPSA) is 55.1 Å². The average molecular weight is 340 g/mol. The van der Waals surface area contributed by atoms with Gasteiger partial charge >= 0.3 is 0 Å². The van der Waals surface area contributed by atoms with E-state index in [9.17, 15) is 4.79 Å². The van der Waals surface area contributed by atoms with Crippen molar-refractivity contribution in [1.82, 2.24) is 0 Å². The maximum atomic E-state index is 10.9. The lowest BCUT2D eigenvalue weighted by molar-refractivity contribution is 0.100. The minimum atomic E-state index is -0.416. The molecular weight excluding hydrogens is 328 g/mol. The van der Waals surface area contributed by atoms with Crippen LogP contribution in [0.3, 0.4) is 0 Å². The molecule has 98 valence electrons. The standard InChI is InChI=1S/C14H12BrClN2O/c15-12-7-11(5-6-13(12)16)18-8-9-1-3-10(4-2-9)14(17)19/h1-7,18H,8H2,(H2,17,19). The molecule has 0 aliphatic heterocycles.